The highest BCUT2D eigenvalue weighted by molar-refractivity contribution is 6.09. The summed E-state index contributed by atoms with van der Waals surface area (Å²) in [5.41, 5.74) is 8.11. The molecule has 4 N–H and O–H groups in total. The van der Waals surface area contributed by atoms with Crippen LogP contribution in [0.5, 0.6) is 5.75 Å². The van der Waals surface area contributed by atoms with Gasteiger partial charge in [-0.15, -0.1) is 0 Å². The Morgan fingerprint density at radius 3 is 2.28 bits per heavy atom. The molecule has 4 aromatic rings. The van der Waals surface area contributed by atoms with Crippen molar-refractivity contribution < 1.29 is 19.9 Å². The number of aromatic nitrogens is 2. The van der Waals surface area contributed by atoms with Crippen molar-refractivity contribution in [1.29, 1.82) is 0 Å². The second-order valence-corrected chi connectivity index (χ2v) is 6.71. The van der Waals surface area contributed by atoms with Gasteiger partial charge in [-0.3, -0.25) is 25.7 Å². The van der Waals surface area contributed by atoms with Crippen LogP contribution >= 0.6 is 0 Å². The van der Waals surface area contributed by atoms with Crippen molar-refractivity contribution in [1.82, 2.24) is 20.9 Å². The number of carbonyl (C=O) groups excluding carboxylic acids is 1. The Kier molecular flexibility index (Phi) is 6.02. The van der Waals surface area contributed by atoms with Crippen molar-refractivity contribution >= 4 is 28.8 Å². The van der Waals surface area contributed by atoms with E-state index in [0.717, 1.165) is 16.7 Å². The van der Waals surface area contributed by atoms with Crippen LogP contribution in [0, 0.1) is 0 Å². The zero-order valence-electron chi connectivity index (χ0n) is 17.0. The molecule has 0 bridgehead atoms. The normalized spacial score (nSPS) is 11.0. The predicted molar refractivity (Wildman–Crippen MR) is 119 cm³/mol. The van der Waals surface area contributed by atoms with E-state index in [2.05, 4.69) is 15.0 Å². The highest BCUT2D eigenvalue weighted by Gasteiger charge is 2.22. The van der Waals surface area contributed by atoms with Crippen LogP contribution in [-0.4, -0.2) is 39.7 Å². The minimum atomic E-state index is -0.709. The second kappa shape index (κ2) is 9.21. The van der Waals surface area contributed by atoms with E-state index < -0.39 is 5.91 Å². The van der Waals surface area contributed by atoms with Crippen LogP contribution in [0.3, 0.4) is 0 Å². The molecule has 4 rings (SSSR count). The van der Waals surface area contributed by atoms with E-state index in [1.54, 1.807) is 17.7 Å². The molecule has 32 heavy (non-hydrogen) atoms. The fourth-order valence-electron chi connectivity index (χ4n) is 3.43. The molecule has 0 aliphatic rings. The Morgan fingerprint density at radius 1 is 1.00 bits per heavy atom. The minimum Gasteiger partial charge on any atom is -0.494 e. The number of fused-ring (bicyclic) bond motifs is 1. The number of methoxy groups -OCH3 is 1. The van der Waals surface area contributed by atoms with E-state index >= 15 is 0 Å². The summed E-state index contributed by atoms with van der Waals surface area (Å²) in [6.07, 6.45) is 4.28. The van der Waals surface area contributed by atoms with Crippen LogP contribution in [0.15, 0.2) is 72.0 Å². The smallest absolute Gasteiger partial charge is 0.279 e. The third-order valence-corrected chi connectivity index (χ3v) is 4.90. The number of rotatable bonds is 6. The van der Waals surface area contributed by atoms with Crippen molar-refractivity contribution in [2.75, 3.05) is 7.11 Å². The van der Waals surface area contributed by atoms with Crippen LogP contribution in [0.4, 0.5) is 5.69 Å². The lowest BCUT2D eigenvalue weighted by Crippen LogP contribution is -2.20. The summed E-state index contributed by atoms with van der Waals surface area (Å²) in [7, 11) is 1.45. The highest BCUT2D eigenvalue weighted by Crippen LogP contribution is 2.36. The van der Waals surface area contributed by atoms with Crippen LogP contribution in [0.2, 0.25) is 0 Å². The Bertz CT molecular complexity index is 1290. The molecule has 0 fully saturated rings. The zero-order chi connectivity index (χ0) is 22.5. The van der Waals surface area contributed by atoms with Crippen molar-refractivity contribution in [3.05, 3.63) is 72.6 Å². The third-order valence-electron chi connectivity index (χ3n) is 4.90. The molecule has 9 heteroatoms. The molecule has 0 saturated heterocycles. The Labute approximate surface area is 183 Å². The molecule has 2 aromatic carbocycles. The predicted octanol–water partition coefficient (Wildman–Crippen LogP) is 3.73. The van der Waals surface area contributed by atoms with Gasteiger partial charge in [0.2, 0.25) is 0 Å². The lowest BCUT2D eigenvalue weighted by Gasteiger charge is -2.15. The molecular weight excluding hydrogens is 410 g/mol. The number of nitrogens with zero attached hydrogens (tertiary/aromatic N) is 3. The van der Waals surface area contributed by atoms with E-state index in [0.29, 0.717) is 22.3 Å². The number of aliphatic imine (C=N–C) groups is 1. The van der Waals surface area contributed by atoms with Gasteiger partial charge in [-0.05, 0) is 29.3 Å². The van der Waals surface area contributed by atoms with Gasteiger partial charge < -0.3 is 4.74 Å². The van der Waals surface area contributed by atoms with Gasteiger partial charge in [-0.25, -0.2) is 15.5 Å². The van der Waals surface area contributed by atoms with Gasteiger partial charge >= 0.3 is 0 Å². The number of ether oxygens (including phenoxy) is 1. The quantitative estimate of drug-likeness (QED) is 0.159. The molecule has 0 saturated carbocycles. The van der Waals surface area contributed by atoms with Gasteiger partial charge in [-0.2, -0.15) is 0 Å². The average molecular weight is 429 g/mol. The third kappa shape index (κ3) is 3.97. The Balaban J connectivity index is 1.76. The van der Waals surface area contributed by atoms with Gasteiger partial charge in [-0.1, -0.05) is 36.4 Å². The average Bonchev–Trinajstić information content (AvgIpc) is 2.86. The summed E-state index contributed by atoms with van der Waals surface area (Å²) < 4.78 is 5.52. The number of carbonyl (C=O) groups is 1. The highest BCUT2D eigenvalue weighted by atomic mass is 16.5. The fraction of sp³-hybridized carbons (Fsp3) is 0.0435. The molecular formula is C23H19N5O4. The van der Waals surface area contributed by atoms with Crippen LogP contribution in [0.25, 0.3) is 33.3 Å². The van der Waals surface area contributed by atoms with E-state index in [4.69, 9.17) is 9.94 Å². The first-order chi connectivity index (χ1) is 15.7. The Hall–Kier alpha value is -4.34. The number of nitrogens with one attached hydrogen (secondary N) is 2. The molecule has 0 radical (unpaired) electrons. The molecule has 0 aliphatic carbocycles. The van der Waals surface area contributed by atoms with Gasteiger partial charge in [0.1, 0.15) is 12.0 Å². The van der Waals surface area contributed by atoms with Gasteiger partial charge in [0.05, 0.1) is 23.9 Å². The second-order valence-electron chi connectivity index (χ2n) is 6.71. The first-order valence-corrected chi connectivity index (χ1v) is 9.55. The summed E-state index contributed by atoms with van der Waals surface area (Å²) in [6, 6.07) is 16.8. The van der Waals surface area contributed by atoms with Crippen molar-refractivity contribution in [2.45, 2.75) is 0 Å². The molecule has 160 valence electrons. The molecule has 1 amide bonds. The molecule has 0 atom stereocenters. The van der Waals surface area contributed by atoms with E-state index in [9.17, 15) is 10.0 Å². The van der Waals surface area contributed by atoms with Crippen LogP contribution < -0.4 is 15.7 Å². The molecule has 0 spiro atoms. The molecule has 2 heterocycles. The van der Waals surface area contributed by atoms with E-state index in [1.165, 1.54) is 19.6 Å². The van der Waals surface area contributed by atoms with E-state index in [-0.39, 0.29) is 11.3 Å². The van der Waals surface area contributed by atoms with E-state index in [1.807, 2.05) is 54.0 Å². The minimum absolute atomic E-state index is 0.153. The first kappa shape index (κ1) is 20.9. The fourth-order valence-corrected chi connectivity index (χ4v) is 3.43. The van der Waals surface area contributed by atoms with Crippen LogP contribution in [-0.2, 0) is 0 Å². The zero-order valence-corrected chi connectivity index (χ0v) is 17.0. The standard InChI is InChI=1S/C23H19N5O4/c1-32-22-20(23(29)28-31)18-12-24-11-10-19(18)27-21(22)16-4-2-14(3-5-16)15-6-8-17(9-7-15)25-13-26-30/h2-13,30-31H,1H3,(H,25,26)(H,28,29). The molecule has 2 aromatic heterocycles. The number of hydroxylamine groups is 2. The Morgan fingerprint density at radius 2 is 1.66 bits per heavy atom. The molecule has 9 nitrogen and oxygen atoms in total. The molecule has 0 aliphatic heterocycles. The number of hydrogen-bond acceptors (Lipinski definition) is 7. The maximum Gasteiger partial charge on any atom is 0.279 e. The number of pyridine rings is 2. The lowest BCUT2D eigenvalue weighted by atomic mass is 9.99. The number of hydrogen-bond donors (Lipinski definition) is 4. The largest absolute Gasteiger partial charge is 0.494 e. The van der Waals surface area contributed by atoms with Crippen LogP contribution in [0.1, 0.15) is 10.4 Å². The first-order valence-electron chi connectivity index (χ1n) is 9.55. The monoisotopic (exact) mass is 429 g/mol. The maximum atomic E-state index is 12.4. The SMILES string of the molecule is COc1c(-c2ccc(-c3ccc(N=CNO)cc3)cc2)nc2ccncc2c1C(=O)NO. The van der Waals surface area contributed by atoms with Crippen molar-refractivity contribution in [2.24, 2.45) is 4.99 Å². The van der Waals surface area contributed by atoms with Gasteiger partial charge in [0.15, 0.2) is 5.75 Å². The summed E-state index contributed by atoms with van der Waals surface area (Å²) in [5, 5.41) is 18.3. The summed E-state index contributed by atoms with van der Waals surface area (Å²) in [5.74, 6) is -0.469. The number of amides is 1. The van der Waals surface area contributed by atoms with Gasteiger partial charge in [0.25, 0.3) is 5.91 Å². The summed E-state index contributed by atoms with van der Waals surface area (Å²) in [6.45, 7) is 0. The molecule has 0 unspecified atom stereocenters. The summed E-state index contributed by atoms with van der Waals surface area (Å²) >= 11 is 0. The van der Waals surface area contributed by atoms with Gasteiger partial charge in [0, 0.05) is 23.3 Å². The van der Waals surface area contributed by atoms with Crippen molar-refractivity contribution in [3.8, 4) is 28.1 Å². The van der Waals surface area contributed by atoms with Crippen molar-refractivity contribution in [3.63, 3.8) is 0 Å². The topological polar surface area (TPSA) is 129 Å². The lowest BCUT2D eigenvalue weighted by molar-refractivity contribution is 0.0705. The maximum absolute atomic E-state index is 12.4. The summed E-state index contributed by atoms with van der Waals surface area (Å²) in [4.78, 5) is 25.1. The number of benzene rings is 2.